The Bertz CT molecular complexity index is 719. The minimum Gasteiger partial charge on any atom is -0.266 e. The van der Waals surface area contributed by atoms with E-state index in [4.69, 9.17) is 12.2 Å². The number of carbonyl (C=O) groups excluding carboxylic acids is 2. The van der Waals surface area contributed by atoms with Crippen LogP contribution in [0.5, 0.6) is 0 Å². The van der Waals surface area contributed by atoms with Gasteiger partial charge in [0.25, 0.3) is 11.8 Å². The number of hydrogen-bond donors (Lipinski definition) is 1. The van der Waals surface area contributed by atoms with Gasteiger partial charge in [-0.1, -0.05) is 23.9 Å². The molecule has 0 unspecified atom stereocenters. The maximum absolute atomic E-state index is 12.3. The van der Waals surface area contributed by atoms with Crippen molar-refractivity contribution in [2.75, 3.05) is 0 Å². The number of carbonyl (C=O) groups is 2. The van der Waals surface area contributed by atoms with Crippen LogP contribution in [-0.2, 0) is 4.79 Å². The minimum atomic E-state index is -0.335. The first-order chi connectivity index (χ1) is 10.1. The standard InChI is InChI=1S/C13H8N2O2S4/c16-11(9-4-2-6-20-9)14-15-12(17)10(21-13(15)18)7-8-3-1-5-19-8/h1-7H,(H,14,16). The molecule has 2 aromatic rings. The average molecular weight is 352 g/mol. The van der Waals surface area contributed by atoms with Crippen LogP contribution in [0.3, 0.4) is 0 Å². The van der Waals surface area contributed by atoms with E-state index in [0.29, 0.717) is 14.1 Å². The second-order valence-electron chi connectivity index (χ2n) is 3.95. The van der Waals surface area contributed by atoms with Crippen LogP contribution in [0.25, 0.3) is 6.08 Å². The molecule has 2 amide bonds. The molecular weight excluding hydrogens is 344 g/mol. The quantitative estimate of drug-likeness (QED) is 0.680. The van der Waals surface area contributed by atoms with Crippen molar-refractivity contribution in [1.29, 1.82) is 0 Å². The topological polar surface area (TPSA) is 49.4 Å². The number of thiocarbonyl (C=S) groups is 1. The fraction of sp³-hybridized carbons (Fsp3) is 0. The summed E-state index contributed by atoms with van der Waals surface area (Å²) in [6, 6.07) is 7.30. The van der Waals surface area contributed by atoms with E-state index in [1.54, 1.807) is 23.6 Å². The lowest BCUT2D eigenvalue weighted by Crippen LogP contribution is -2.44. The van der Waals surface area contributed by atoms with Gasteiger partial charge in [-0.15, -0.1) is 22.7 Å². The maximum Gasteiger partial charge on any atom is 0.285 e. The molecule has 0 atom stereocenters. The Labute approximate surface area is 138 Å². The predicted octanol–water partition coefficient (Wildman–Crippen LogP) is 3.36. The fourth-order valence-corrected chi connectivity index (χ4v) is 4.15. The number of amides is 2. The van der Waals surface area contributed by atoms with Crippen LogP contribution in [0.15, 0.2) is 39.9 Å². The lowest BCUT2D eigenvalue weighted by molar-refractivity contribution is -0.123. The molecule has 0 aliphatic carbocycles. The van der Waals surface area contributed by atoms with Crippen molar-refractivity contribution in [1.82, 2.24) is 10.4 Å². The Morgan fingerprint density at radius 2 is 2.00 bits per heavy atom. The highest BCUT2D eigenvalue weighted by atomic mass is 32.2. The molecule has 3 rings (SSSR count). The summed E-state index contributed by atoms with van der Waals surface area (Å²) >= 11 is 9.19. The summed E-state index contributed by atoms with van der Waals surface area (Å²) in [5.41, 5.74) is 2.55. The molecule has 0 aromatic carbocycles. The van der Waals surface area contributed by atoms with Crippen molar-refractivity contribution in [3.05, 3.63) is 49.7 Å². The molecule has 4 nitrogen and oxygen atoms in total. The molecule has 1 saturated heterocycles. The number of nitrogens with zero attached hydrogens (tertiary/aromatic N) is 1. The Hall–Kier alpha value is -1.48. The van der Waals surface area contributed by atoms with Crippen molar-refractivity contribution in [2.24, 2.45) is 0 Å². The summed E-state index contributed by atoms with van der Waals surface area (Å²) < 4.78 is 0.327. The van der Waals surface area contributed by atoms with Crippen molar-refractivity contribution in [3.63, 3.8) is 0 Å². The molecule has 1 N–H and O–H groups in total. The van der Waals surface area contributed by atoms with E-state index in [9.17, 15) is 9.59 Å². The molecular formula is C13H8N2O2S4. The second-order valence-corrected chi connectivity index (χ2v) is 7.55. The molecule has 1 fully saturated rings. The van der Waals surface area contributed by atoms with E-state index in [-0.39, 0.29) is 11.8 Å². The molecule has 1 aliphatic heterocycles. The van der Waals surface area contributed by atoms with E-state index in [0.717, 1.165) is 9.89 Å². The minimum absolute atomic E-state index is 0.302. The molecule has 0 bridgehead atoms. The van der Waals surface area contributed by atoms with Gasteiger partial charge in [0.1, 0.15) is 0 Å². The SMILES string of the molecule is O=C(NN1C(=O)C(=Cc2cccs2)SC1=S)c1cccs1. The molecule has 0 radical (unpaired) electrons. The zero-order valence-corrected chi connectivity index (χ0v) is 13.7. The first kappa shape index (κ1) is 14.5. The van der Waals surface area contributed by atoms with Crippen molar-refractivity contribution >= 4 is 68.9 Å². The third-order valence-corrected chi connectivity index (χ3v) is 5.56. The average Bonchev–Trinajstić information content (AvgIpc) is 3.18. The van der Waals surface area contributed by atoms with Crippen LogP contribution < -0.4 is 5.43 Å². The Morgan fingerprint density at radius 3 is 2.67 bits per heavy atom. The van der Waals surface area contributed by atoms with Gasteiger partial charge in [0, 0.05) is 4.88 Å². The highest BCUT2D eigenvalue weighted by molar-refractivity contribution is 8.26. The normalized spacial score (nSPS) is 16.8. The van der Waals surface area contributed by atoms with Crippen LogP contribution in [0.1, 0.15) is 14.5 Å². The van der Waals surface area contributed by atoms with Gasteiger partial charge < -0.3 is 0 Å². The summed E-state index contributed by atoms with van der Waals surface area (Å²) in [5, 5.41) is 4.86. The summed E-state index contributed by atoms with van der Waals surface area (Å²) in [4.78, 5) is 26.3. The molecule has 8 heteroatoms. The molecule has 0 spiro atoms. The number of hydrogen-bond acceptors (Lipinski definition) is 6. The van der Waals surface area contributed by atoms with Crippen molar-refractivity contribution in [2.45, 2.75) is 0 Å². The summed E-state index contributed by atoms with van der Waals surface area (Å²) in [7, 11) is 0. The van der Waals surface area contributed by atoms with E-state index in [2.05, 4.69) is 5.43 Å². The van der Waals surface area contributed by atoms with Crippen LogP contribution in [0.2, 0.25) is 0 Å². The lowest BCUT2D eigenvalue weighted by atomic mass is 10.4. The third kappa shape index (κ3) is 3.08. The number of thioether (sulfide) groups is 1. The zero-order valence-electron chi connectivity index (χ0n) is 10.4. The molecule has 21 heavy (non-hydrogen) atoms. The number of hydrazine groups is 1. The van der Waals surface area contributed by atoms with Gasteiger partial charge in [-0.3, -0.25) is 15.0 Å². The number of rotatable bonds is 3. The molecule has 106 valence electrons. The van der Waals surface area contributed by atoms with Gasteiger partial charge in [-0.25, -0.2) is 0 Å². The Balaban J connectivity index is 1.77. The maximum atomic E-state index is 12.3. The largest absolute Gasteiger partial charge is 0.285 e. The van der Waals surface area contributed by atoms with Gasteiger partial charge >= 0.3 is 0 Å². The zero-order chi connectivity index (χ0) is 14.8. The monoisotopic (exact) mass is 352 g/mol. The van der Waals surface area contributed by atoms with E-state index in [1.165, 1.54) is 34.4 Å². The Morgan fingerprint density at radius 1 is 1.24 bits per heavy atom. The first-order valence-electron chi connectivity index (χ1n) is 5.81. The first-order valence-corrected chi connectivity index (χ1v) is 8.79. The molecule has 0 saturated carbocycles. The van der Waals surface area contributed by atoms with Crippen LogP contribution in [-0.4, -0.2) is 21.1 Å². The van der Waals surface area contributed by atoms with Crippen LogP contribution in [0, 0.1) is 0 Å². The van der Waals surface area contributed by atoms with Crippen molar-refractivity contribution in [3.8, 4) is 0 Å². The lowest BCUT2D eigenvalue weighted by Gasteiger charge is -2.14. The molecule has 2 aromatic heterocycles. The van der Waals surface area contributed by atoms with Gasteiger partial charge in [0.2, 0.25) is 0 Å². The molecule has 1 aliphatic rings. The van der Waals surface area contributed by atoms with Gasteiger partial charge in [-0.2, -0.15) is 5.01 Å². The van der Waals surface area contributed by atoms with Crippen LogP contribution >= 0.6 is 46.7 Å². The number of thiophene rings is 2. The number of nitrogens with one attached hydrogen (secondary N) is 1. The highest BCUT2D eigenvalue weighted by Crippen LogP contribution is 2.32. The van der Waals surface area contributed by atoms with Gasteiger partial charge in [-0.05, 0) is 41.2 Å². The summed E-state index contributed by atoms with van der Waals surface area (Å²) in [5.74, 6) is -0.637. The smallest absolute Gasteiger partial charge is 0.266 e. The second kappa shape index (κ2) is 6.10. The van der Waals surface area contributed by atoms with E-state index < -0.39 is 0 Å². The Kier molecular flexibility index (Phi) is 4.20. The van der Waals surface area contributed by atoms with Crippen molar-refractivity contribution < 1.29 is 9.59 Å². The van der Waals surface area contributed by atoms with Gasteiger partial charge in [0.15, 0.2) is 4.32 Å². The highest BCUT2D eigenvalue weighted by Gasteiger charge is 2.33. The third-order valence-electron chi connectivity index (χ3n) is 2.57. The van der Waals surface area contributed by atoms with Crippen LogP contribution in [0.4, 0.5) is 0 Å². The van der Waals surface area contributed by atoms with Gasteiger partial charge in [0.05, 0.1) is 9.78 Å². The summed E-state index contributed by atoms with van der Waals surface area (Å²) in [6.07, 6.45) is 1.78. The van der Waals surface area contributed by atoms with E-state index >= 15 is 0 Å². The predicted molar refractivity (Wildman–Crippen MR) is 91.1 cm³/mol. The fourth-order valence-electron chi connectivity index (χ4n) is 1.63. The molecule has 3 heterocycles. The van der Waals surface area contributed by atoms with E-state index in [1.807, 2.05) is 17.5 Å². The summed E-state index contributed by atoms with van der Waals surface area (Å²) in [6.45, 7) is 0.